The third kappa shape index (κ3) is 2.67. The van der Waals surface area contributed by atoms with Gasteiger partial charge in [0.2, 0.25) is 0 Å². The van der Waals surface area contributed by atoms with Crippen LogP contribution in [0, 0.1) is 0 Å². The normalized spacial score (nSPS) is 16.8. The summed E-state index contributed by atoms with van der Waals surface area (Å²) < 4.78 is 9.30. The monoisotopic (exact) mass is 256 g/mol. The van der Waals surface area contributed by atoms with Gasteiger partial charge in [-0.25, -0.2) is 0 Å². The molecule has 0 bridgehead atoms. The van der Waals surface area contributed by atoms with E-state index in [1.165, 1.54) is 11.5 Å². The summed E-state index contributed by atoms with van der Waals surface area (Å²) in [7, 11) is 1.58. The van der Waals surface area contributed by atoms with Crippen molar-refractivity contribution in [1.29, 1.82) is 0 Å². The molecule has 1 aliphatic rings. The zero-order valence-corrected chi connectivity index (χ0v) is 10.5. The average molecular weight is 256 g/mol. The Morgan fingerprint density at radius 2 is 2.24 bits per heavy atom. The molecule has 1 aliphatic heterocycles. The number of aromatic nitrogens is 1. The van der Waals surface area contributed by atoms with Crippen molar-refractivity contribution in [2.45, 2.75) is 18.9 Å². The maximum Gasteiger partial charge on any atom is 0.257 e. The number of ether oxygens (including phenoxy) is 1. The fourth-order valence-electron chi connectivity index (χ4n) is 1.77. The maximum atomic E-state index is 11.7. The van der Waals surface area contributed by atoms with Crippen molar-refractivity contribution in [1.82, 2.24) is 9.69 Å². The summed E-state index contributed by atoms with van der Waals surface area (Å²) in [5.74, 6) is 0.0784. The Morgan fingerprint density at radius 3 is 2.88 bits per heavy atom. The van der Waals surface area contributed by atoms with E-state index in [-0.39, 0.29) is 11.7 Å². The average Bonchev–Trinajstić information content (AvgIpc) is 2.71. The van der Waals surface area contributed by atoms with Crippen molar-refractivity contribution >= 4 is 28.3 Å². The Balaban J connectivity index is 2.12. The number of hydrogen-bond acceptors (Lipinski definition) is 6. The van der Waals surface area contributed by atoms with Crippen LogP contribution in [-0.2, 0) is 4.74 Å². The highest BCUT2D eigenvalue weighted by Crippen LogP contribution is 2.28. The number of carbonyl (C=O) groups is 1. The minimum atomic E-state index is -0.203. The molecule has 0 aliphatic carbocycles. The van der Waals surface area contributed by atoms with Gasteiger partial charge < -0.3 is 21.1 Å². The Labute approximate surface area is 104 Å². The molecule has 2 heterocycles. The van der Waals surface area contributed by atoms with E-state index < -0.39 is 0 Å². The minimum absolute atomic E-state index is 0.203. The topological polar surface area (TPSA) is 89.3 Å². The van der Waals surface area contributed by atoms with E-state index in [2.05, 4.69) is 15.0 Å². The number of amides is 1. The molecule has 0 spiro atoms. The minimum Gasteiger partial charge on any atom is -0.382 e. The molecule has 0 radical (unpaired) electrons. The second kappa shape index (κ2) is 5.33. The molecule has 94 valence electrons. The zero-order valence-electron chi connectivity index (χ0n) is 9.66. The van der Waals surface area contributed by atoms with E-state index in [1.54, 1.807) is 7.05 Å². The van der Waals surface area contributed by atoms with Crippen LogP contribution < -0.4 is 16.4 Å². The third-order valence-electron chi connectivity index (χ3n) is 2.73. The van der Waals surface area contributed by atoms with Crippen molar-refractivity contribution in [2.24, 2.45) is 0 Å². The van der Waals surface area contributed by atoms with Crippen molar-refractivity contribution in [3.63, 3.8) is 0 Å². The Hall–Kier alpha value is -1.34. The Bertz CT molecular complexity index is 401. The van der Waals surface area contributed by atoms with Crippen LogP contribution in [-0.4, -0.2) is 36.6 Å². The molecule has 1 amide bonds. The molecule has 2 rings (SSSR count). The summed E-state index contributed by atoms with van der Waals surface area (Å²) in [5, 5.41) is 6.63. The van der Waals surface area contributed by atoms with Gasteiger partial charge in [-0.3, -0.25) is 4.79 Å². The number of nitrogens with zero attached hydrogens (tertiary/aromatic N) is 1. The molecule has 1 fully saturated rings. The predicted molar refractivity (Wildman–Crippen MR) is 67.4 cm³/mol. The highest BCUT2D eigenvalue weighted by atomic mass is 32.1. The lowest BCUT2D eigenvalue weighted by Gasteiger charge is -2.23. The largest absolute Gasteiger partial charge is 0.382 e. The van der Waals surface area contributed by atoms with Gasteiger partial charge in [-0.05, 0) is 24.4 Å². The first-order valence-corrected chi connectivity index (χ1v) is 6.31. The Morgan fingerprint density at radius 1 is 1.53 bits per heavy atom. The first-order chi connectivity index (χ1) is 8.22. The van der Waals surface area contributed by atoms with Crippen molar-refractivity contribution in [3.8, 4) is 0 Å². The summed E-state index contributed by atoms with van der Waals surface area (Å²) in [5.41, 5.74) is 6.14. The first kappa shape index (κ1) is 12.1. The molecule has 6 nitrogen and oxygen atoms in total. The summed E-state index contributed by atoms with van der Waals surface area (Å²) >= 11 is 1.23. The summed E-state index contributed by atoms with van der Waals surface area (Å²) in [6.07, 6.45) is 1.87. The fourth-order valence-corrected chi connectivity index (χ4v) is 2.56. The van der Waals surface area contributed by atoms with Gasteiger partial charge in [0.1, 0.15) is 10.6 Å². The van der Waals surface area contributed by atoms with Gasteiger partial charge in [0.25, 0.3) is 5.91 Å². The van der Waals surface area contributed by atoms with Crippen LogP contribution in [0.2, 0.25) is 0 Å². The molecule has 17 heavy (non-hydrogen) atoms. The molecule has 0 unspecified atom stereocenters. The molecule has 7 heteroatoms. The fraction of sp³-hybridized carbons (Fsp3) is 0.600. The number of nitrogen functional groups attached to an aromatic ring is 1. The molecule has 4 N–H and O–H groups in total. The molecular formula is C10H16N4O2S. The number of nitrogens with one attached hydrogen (secondary N) is 2. The van der Waals surface area contributed by atoms with Gasteiger partial charge in [-0.15, -0.1) is 0 Å². The lowest BCUT2D eigenvalue weighted by Crippen LogP contribution is -2.29. The molecule has 0 saturated carbocycles. The van der Waals surface area contributed by atoms with Gasteiger partial charge in [0.05, 0.1) is 0 Å². The quantitative estimate of drug-likeness (QED) is 0.740. The molecular weight excluding hydrogens is 240 g/mol. The second-order valence-corrected chi connectivity index (χ2v) is 4.66. The number of nitrogens with two attached hydrogens (primary N) is 1. The standard InChI is InChI=1S/C10H16N4O2S/c1-12-9(15)7-8(11)14-17-10(7)13-6-2-4-16-5-3-6/h6,13H,2-5H2,1H3,(H2,11,14)(H,12,15). The number of rotatable bonds is 3. The van der Waals surface area contributed by atoms with Crippen LogP contribution in [0.1, 0.15) is 23.2 Å². The maximum absolute atomic E-state index is 11.7. The van der Waals surface area contributed by atoms with E-state index in [1.807, 2.05) is 0 Å². The van der Waals surface area contributed by atoms with Gasteiger partial charge in [0.15, 0.2) is 5.82 Å². The predicted octanol–water partition coefficient (Wildman–Crippen LogP) is 0.676. The van der Waals surface area contributed by atoms with Crippen LogP contribution >= 0.6 is 11.5 Å². The first-order valence-electron chi connectivity index (χ1n) is 5.54. The van der Waals surface area contributed by atoms with E-state index >= 15 is 0 Å². The SMILES string of the molecule is CNC(=O)c1c(N)nsc1NC1CCOCC1. The molecule has 1 saturated heterocycles. The van der Waals surface area contributed by atoms with Gasteiger partial charge >= 0.3 is 0 Å². The van der Waals surface area contributed by atoms with E-state index in [4.69, 9.17) is 10.5 Å². The lowest BCUT2D eigenvalue weighted by molar-refractivity contribution is 0.0904. The van der Waals surface area contributed by atoms with Crippen molar-refractivity contribution < 1.29 is 9.53 Å². The molecule has 1 aromatic heterocycles. The molecule has 1 aromatic rings. The van der Waals surface area contributed by atoms with Crippen molar-refractivity contribution in [2.75, 3.05) is 31.3 Å². The van der Waals surface area contributed by atoms with E-state index in [0.29, 0.717) is 11.6 Å². The molecule has 0 aromatic carbocycles. The second-order valence-electron chi connectivity index (χ2n) is 3.88. The molecule has 0 atom stereocenters. The smallest absolute Gasteiger partial charge is 0.257 e. The zero-order chi connectivity index (χ0) is 12.3. The van der Waals surface area contributed by atoms with Crippen LogP contribution in [0.4, 0.5) is 10.8 Å². The number of hydrogen-bond donors (Lipinski definition) is 3. The summed E-state index contributed by atoms with van der Waals surface area (Å²) in [6.45, 7) is 1.50. The lowest BCUT2D eigenvalue weighted by atomic mass is 10.1. The van der Waals surface area contributed by atoms with Gasteiger partial charge in [-0.1, -0.05) is 0 Å². The highest BCUT2D eigenvalue weighted by Gasteiger charge is 2.21. The van der Waals surface area contributed by atoms with Crippen LogP contribution in [0.5, 0.6) is 0 Å². The summed E-state index contributed by atoms with van der Waals surface area (Å²) in [6, 6.07) is 0.326. The Kier molecular flexibility index (Phi) is 3.80. The highest BCUT2D eigenvalue weighted by molar-refractivity contribution is 7.11. The van der Waals surface area contributed by atoms with Crippen molar-refractivity contribution in [3.05, 3.63) is 5.56 Å². The van der Waals surface area contributed by atoms with Gasteiger partial charge in [0, 0.05) is 26.3 Å². The van der Waals surface area contributed by atoms with Gasteiger partial charge in [-0.2, -0.15) is 4.37 Å². The third-order valence-corrected chi connectivity index (χ3v) is 3.52. The van der Waals surface area contributed by atoms with E-state index in [0.717, 1.165) is 31.1 Å². The van der Waals surface area contributed by atoms with Crippen LogP contribution in [0.3, 0.4) is 0 Å². The van der Waals surface area contributed by atoms with Crippen LogP contribution in [0.15, 0.2) is 0 Å². The number of anilines is 2. The van der Waals surface area contributed by atoms with E-state index in [9.17, 15) is 4.79 Å². The summed E-state index contributed by atoms with van der Waals surface area (Å²) in [4.78, 5) is 11.7. The van der Waals surface area contributed by atoms with Crippen LogP contribution in [0.25, 0.3) is 0 Å². The number of carbonyl (C=O) groups excluding carboxylic acids is 1.